The Morgan fingerprint density at radius 2 is 1.67 bits per heavy atom. The zero-order valence-electron chi connectivity index (χ0n) is 9.99. The van der Waals surface area contributed by atoms with Crippen LogP contribution in [0.25, 0.3) is 0 Å². The SMILES string of the molecule is O=C1NC[C@H](c2c(F)cc(C(F)(F)F)cc2C(F)(F)F)N1. The third-order valence-corrected chi connectivity index (χ3v) is 2.88. The smallest absolute Gasteiger partial charge is 0.336 e. The molecule has 0 unspecified atom stereocenters. The number of carbonyl (C=O) groups excluding carboxylic acids is 1. The van der Waals surface area contributed by atoms with E-state index in [1.54, 1.807) is 0 Å². The molecule has 21 heavy (non-hydrogen) atoms. The zero-order valence-corrected chi connectivity index (χ0v) is 9.99. The van der Waals surface area contributed by atoms with Crippen LogP contribution >= 0.6 is 0 Å². The maximum absolute atomic E-state index is 13.8. The molecule has 2 amide bonds. The van der Waals surface area contributed by atoms with Crippen LogP contribution in [0.5, 0.6) is 0 Å². The van der Waals surface area contributed by atoms with Crippen molar-refractivity contribution in [3.05, 3.63) is 34.6 Å². The van der Waals surface area contributed by atoms with Crippen LogP contribution in [0.3, 0.4) is 0 Å². The second-order valence-electron chi connectivity index (χ2n) is 4.32. The van der Waals surface area contributed by atoms with Crippen molar-refractivity contribution in [2.75, 3.05) is 6.54 Å². The van der Waals surface area contributed by atoms with Crippen molar-refractivity contribution >= 4 is 6.03 Å². The summed E-state index contributed by atoms with van der Waals surface area (Å²) in [4.78, 5) is 10.9. The van der Waals surface area contributed by atoms with Crippen molar-refractivity contribution < 1.29 is 35.5 Å². The number of alkyl halides is 6. The third-order valence-electron chi connectivity index (χ3n) is 2.88. The van der Waals surface area contributed by atoms with Crippen LogP contribution in [0.4, 0.5) is 35.5 Å². The lowest BCUT2D eigenvalue weighted by atomic mass is 9.96. The molecular formula is C11H7F7N2O. The van der Waals surface area contributed by atoms with Gasteiger partial charge in [-0.1, -0.05) is 0 Å². The summed E-state index contributed by atoms with van der Waals surface area (Å²) in [5.74, 6) is -1.67. The summed E-state index contributed by atoms with van der Waals surface area (Å²) < 4.78 is 89.9. The van der Waals surface area contributed by atoms with E-state index in [1.165, 1.54) is 0 Å². The van der Waals surface area contributed by atoms with Crippen LogP contribution < -0.4 is 10.6 Å². The standard InChI is InChI=1S/C11H7F7N2O/c12-6-2-4(10(13,14)15)1-5(11(16,17)18)8(6)7-3-19-9(21)20-7/h1-2,7H,3H2,(H2,19,20,21)/t7-/m1/s1. The van der Waals surface area contributed by atoms with Crippen molar-refractivity contribution in [3.63, 3.8) is 0 Å². The maximum Gasteiger partial charge on any atom is 0.416 e. The average Bonchev–Trinajstić information content (AvgIpc) is 2.72. The number of urea groups is 1. The molecule has 1 heterocycles. The molecular weight excluding hydrogens is 309 g/mol. The molecule has 1 aromatic carbocycles. The number of hydrogen-bond donors (Lipinski definition) is 2. The van der Waals surface area contributed by atoms with Gasteiger partial charge in [0.1, 0.15) is 5.82 Å². The van der Waals surface area contributed by atoms with Gasteiger partial charge in [-0.25, -0.2) is 9.18 Å². The highest BCUT2D eigenvalue weighted by molar-refractivity contribution is 5.77. The van der Waals surface area contributed by atoms with Gasteiger partial charge < -0.3 is 10.6 Å². The number of halogens is 7. The van der Waals surface area contributed by atoms with E-state index in [0.29, 0.717) is 0 Å². The molecule has 0 radical (unpaired) electrons. The minimum Gasteiger partial charge on any atom is -0.336 e. The summed E-state index contributed by atoms with van der Waals surface area (Å²) in [6.07, 6.45) is -10.3. The lowest BCUT2D eigenvalue weighted by Crippen LogP contribution is -2.25. The van der Waals surface area contributed by atoms with Gasteiger partial charge in [-0.2, -0.15) is 26.3 Å². The largest absolute Gasteiger partial charge is 0.416 e. The quantitative estimate of drug-likeness (QED) is 0.768. The first kappa shape index (κ1) is 15.4. The summed E-state index contributed by atoms with van der Waals surface area (Å²) in [6.45, 7) is -0.357. The topological polar surface area (TPSA) is 41.1 Å². The molecule has 0 aliphatic carbocycles. The molecule has 0 saturated carbocycles. The normalized spacial score (nSPS) is 19.4. The second-order valence-corrected chi connectivity index (χ2v) is 4.32. The monoisotopic (exact) mass is 316 g/mol. The number of hydrogen-bond acceptors (Lipinski definition) is 1. The highest BCUT2D eigenvalue weighted by Gasteiger charge is 2.42. The lowest BCUT2D eigenvalue weighted by Gasteiger charge is -2.20. The predicted molar refractivity (Wildman–Crippen MR) is 55.7 cm³/mol. The van der Waals surface area contributed by atoms with Crippen LogP contribution in [-0.2, 0) is 12.4 Å². The summed E-state index contributed by atoms with van der Waals surface area (Å²) in [6, 6.07) is -2.40. The number of carbonyl (C=O) groups is 1. The van der Waals surface area contributed by atoms with E-state index in [0.717, 1.165) is 0 Å². The van der Waals surface area contributed by atoms with E-state index in [9.17, 15) is 35.5 Å². The molecule has 2 rings (SSSR count). The number of benzene rings is 1. The molecule has 0 bridgehead atoms. The van der Waals surface area contributed by atoms with E-state index in [1.807, 2.05) is 5.32 Å². The fraction of sp³-hybridized carbons (Fsp3) is 0.364. The summed E-state index contributed by atoms with van der Waals surface area (Å²) in [7, 11) is 0. The van der Waals surface area contributed by atoms with Gasteiger partial charge in [0.15, 0.2) is 0 Å². The minimum absolute atomic E-state index is 0.0188. The van der Waals surface area contributed by atoms with Gasteiger partial charge in [-0.3, -0.25) is 0 Å². The molecule has 1 saturated heterocycles. The molecule has 0 spiro atoms. The fourth-order valence-electron chi connectivity index (χ4n) is 2.00. The summed E-state index contributed by atoms with van der Waals surface area (Å²) >= 11 is 0. The Labute approximate surface area is 113 Å². The molecule has 116 valence electrons. The number of rotatable bonds is 1. The Morgan fingerprint density at radius 3 is 2.10 bits per heavy atom. The Bertz CT molecular complexity index is 579. The maximum atomic E-state index is 13.8. The Kier molecular flexibility index (Phi) is 3.50. The zero-order chi connectivity index (χ0) is 16.0. The molecule has 10 heteroatoms. The van der Waals surface area contributed by atoms with Gasteiger partial charge >= 0.3 is 18.4 Å². The van der Waals surface area contributed by atoms with Gasteiger partial charge in [0.05, 0.1) is 17.2 Å². The molecule has 2 N–H and O–H groups in total. The van der Waals surface area contributed by atoms with E-state index in [-0.39, 0.29) is 18.7 Å². The van der Waals surface area contributed by atoms with Gasteiger partial charge in [0.25, 0.3) is 0 Å². The minimum atomic E-state index is -5.19. The van der Waals surface area contributed by atoms with Gasteiger partial charge in [0, 0.05) is 12.1 Å². The highest BCUT2D eigenvalue weighted by atomic mass is 19.4. The molecule has 1 atom stereocenters. The number of nitrogens with one attached hydrogen (secondary N) is 2. The van der Waals surface area contributed by atoms with Crippen molar-refractivity contribution in [2.45, 2.75) is 18.4 Å². The first-order valence-corrected chi connectivity index (χ1v) is 5.52. The predicted octanol–water partition coefficient (Wildman–Crippen LogP) is 3.22. The van der Waals surface area contributed by atoms with Crippen molar-refractivity contribution in [1.29, 1.82) is 0 Å². The van der Waals surface area contributed by atoms with E-state index in [4.69, 9.17) is 0 Å². The van der Waals surface area contributed by atoms with Crippen LogP contribution in [0.15, 0.2) is 12.1 Å². The first-order valence-electron chi connectivity index (χ1n) is 5.52. The van der Waals surface area contributed by atoms with Crippen LogP contribution in [0, 0.1) is 5.82 Å². The van der Waals surface area contributed by atoms with Gasteiger partial charge in [-0.05, 0) is 12.1 Å². The molecule has 0 aromatic heterocycles. The van der Waals surface area contributed by atoms with Crippen molar-refractivity contribution in [1.82, 2.24) is 10.6 Å². The average molecular weight is 316 g/mol. The lowest BCUT2D eigenvalue weighted by molar-refractivity contribution is -0.144. The highest BCUT2D eigenvalue weighted by Crippen LogP contribution is 2.40. The van der Waals surface area contributed by atoms with Crippen LogP contribution in [0.1, 0.15) is 22.7 Å². The summed E-state index contributed by atoms with van der Waals surface area (Å²) in [5.41, 5.74) is -4.52. The van der Waals surface area contributed by atoms with E-state index in [2.05, 4.69) is 5.32 Å². The summed E-state index contributed by atoms with van der Waals surface area (Å²) in [5, 5.41) is 4.12. The van der Waals surface area contributed by atoms with Crippen molar-refractivity contribution in [2.24, 2.45) is 0 Å². The van der Waals surface area contributed by atoms with Crippen LogP contribution in [-0.4, -0.2) is 12.6 Å². The molecule has 1 fully saturated rings. The molecule has 1 aliphatic rings. The molecule has 1 aromatic rings. The molecule has 3 nitrogen and oxygen atoms in total. The van der Waals surface area contributed by atoms with E-state index >= 15 is 0 Å². The Morgan fingerprint density at radius 1 is 1.05 bits per heavy atom. The van der Waals surface area contributed by atoms with Crippen molar-refractivity contribution in [3.8, 4) is 0 Å². The number of amides is 2. The first-order chi connectivity index (χ1) is 9.50. The Balaban J connectivity index is 2.61. The van der Waals surface area contributed by atoms with Gasteiger partial charge in [-0.15, -0.1) is 0 Å². The fourth-order valence-corrected chi connectivity index (χ4v) is 2.00. The second kappa shape index (κ2) is 4.78. The third kappa shape index (κ3) is 3.03. The molecule has 1 aliphatic heterocycles. The van der Waals surface area contributed by atoms with E-state index < -0.39 is 46.9 Å². The Hall–Kier alpha value is -2.00. The van der Waals surface area contributed by atoms with Gasteiger partial charge in [0.2, 0.25) is 0 Å². The van der Waals surface area contributed by atoms with Crippen LogP contribution in [0.2, 0.25) is 0 Å².